The monoisotopic (exact) mass is 903 g/mol. The van der Waals surface area contributed by atoms with Crippen molar-refractivity contribution in [2.75, 3.05) is 50.6 Å². The highest BCUT2D eigenvalue weighted by Gasteiger charge is 2.33. The smallest absolute Gasteiger partial charge is 0.306 e. The number of carbonyl (C=O) groups is 3. The fraction of sp³-hybridized carbons (Fsp3) is 0.653. The number of benzene rings is 2. The quantitative estimate of drug-likeness (QED) is 0.0609. The van der Waals surface area contributed by atoms with Crippen molar-refractivity contribution >= 4 is 44.5 Å². The number of amides is 1. The molecule has 1 aliphatic carbocycles. The van der Waals surface area contributed by atoms with Crippen LogP contribution in [0.3, 0.4) is 0 Å². The summed E-state index contributed by atoms with van der Waals surface area (Å²) < 4.78 is 69.2. The van der Waals surface area contributed by atoms with Gasteiger partial charge in [-0.3, -0.25) is 18.7 Å². The SMILES string of the molecule is CCCCCCOCCCCC(=O)OC(C)(C)C.CNC(=O)c1c(-c2ccc(F)cc2)oc2cc(N(CCCCCOCCCCC(=O)OC(C)(C)C)S(C)(=O)=O)c(C3CC3)cc12. The lowest BCUT2D eigenvalue weighted by Gasteiger charge is -2.25. The van der Waals surface area contributed by atoms with Gasteiger partial charge in [0.05, 0.1) is 17.5 Å². The first-order chi connectivity index (χ1) is 29.7. The molecule has 354 valence electrons. The van der Waals surface area contributed by atoms with Crippen molar-refractivity contribution in [3.8, 4) is 11.3 Å². The number of nitrogens with zero attached hydrogens (tertiary/aromatic N) is 1. The van der Waals surface area contributed by atoms with Gasteiger partial charge in [-0.2, -0.15) is 0 Å². The fourth-order valence-electron chi connectivity index (χ4n) is 6.91. The Morgan fingerprint density at radius 1 is 0.762 bits per heavy atom. The summed E-state index contributed by atoms with van der Waals surface area (Å²) in [5, 5.41) is 3.26. The molecule has 1 heterocycles. The summed E-state index contributed by atoms with van der Waals surface area (Å²) in [5.74, 6) is -0.550. The molecule has 0 saturated heterocycles. The number of sulfonamides is 1. The van der Waals surface area contributed by atoms with Crippen molar-refractivity contribution in [2.45, 2.75) is 162 Å². The molecular formula is C49H75FN2O10S. The van der Waals surface area contributed by atoms with E-state index in [2.05, 4.69) is 12.2 Å². The number of carbonyl (C=O) groups excluding carboxylic acids is 3. The third-order valence-corrected chi connectivity index (χ3v) is 11.2. The van der Waals surface area contributed by atoms with E-state index >= 15 is 0 Å². The molecule has 0 radical (unpaired) electrons. The number of rotatable bonds is 26. The van der Waals surface area contributed by atoms with E-state index in [0.29, 0.717) is 79.0 Å². The summed E-state index contributed by atoms with van der Waals surface area (Å²) in [6.07, 6.45) is 14.4. The molecule has 1 saturated carbocycles. The second-order valence-electron chi connectivity index (χ2n) is 18.3. The predicted molar refractivity (Wildman–Crippen MR) is 248 cm³/mol. The first kappa shape index (κ1) is 53.3. The van der Waals surface area contributed by atoms with Crippen LogP contribution in [-0.2, 0) is 38.6 Å². The fourth-order valence-corrected chi connectivity index (χ4v) is 7.89. The van der Waals surface area contributed by atoms with Crippen LogP contribution in [0.15, 0.2) is 40.8 Å². The Balaban J connectivity index is 0.000000495. The first-order valence-electron chi connectivity index (χ1n) is 22.9. The van der Waals surface area contributed by atoms with Crippen LogP contribution in [-0.4, -0.2) is 83.7 Å². The van der Waals surface area contributed by atoms with Gasteiger partial charge in [0.15, 0.2) is 0 Å². The van der Waals surface area contributed by atoms with Crippen LogP contribution >= 0.6 is 0 Å². The lowest BCUT2D eigenvalue weighted by molar-refractivity contribution is -0.156. The molecule has 1 aliphatic rings. The molecule has 12 nitrogen and oxygen atoms in total. The number of nitrogens with one attached hydrogen (secondary N) is 1. The van der Waals surface area contributed by atoms with Gasteiger partial charge in [-0.05, 0) is 148 Å². The second-order valence-corrected chi connectivity index (χ2v) is 20.2. The van der Waals surface area contributed by atoms with Gasteiger partial charge >= 0.3 is 11.9 Å². The van der Waals surface area contributed by atoms with E-state index in [4.69, 9.17) is 23.4 Å². The average Bonchev–Trinajstić information content (AvgIpc) is 3.97. The van der Waals surface area contributed by atoms with Crippen LogP contribution in [0.5, 0.6) is 0 Å². The Morgan fingerprint density at radius 3 is 1.73 bits per heavy atom. The van der Waals surface area contributed by atoms with E-state index in [0.717, 1.165) is 70.1 Å². The third kappa shape index (κ3) is 20.1. The number of ether oxygens (including phenoxy) is 4. The molecule has 2 aromatic carbocycles. The molecule has 1 aromatic heterocycles. The number of halogens is 1. The average molecular weight is 903 g/mol. The Morgan fingerprint density at radius 2 is 1.27 bits per heavy atom. The highest BCUT2D eigenvalue weighted by atomic mass is 32.2. The largest absolute Gasteiger partial charge is 0.460 e. The van der Waals surface area contributed by atoms with E-state index < -0.39 is 21.4 Å². The zero-order valence-electron chi connectivity index (χ0n) is 39.5. The van der Waals surface area contributed by atoms with Gasteiger partial charge in [-0.25, -0.2) is 12.8 Å². The maximum Gasteiger partial charge on any atom is 0.306 e. The molecular weight excluding hydrogens is 828 g/mol. The minimum absolute atomic E-state index is 0.106. The number of hydrogen-bond acceptors (Lipinski definition) is 10. The zero-order valence-corrected chi connectivity index (χ0v) is 40.3. The summed E-state index contributed by atoms with van der Waals surface area (Å²) in [4.78, 5) is 36.2. The van der Waals surface area contributed by atoms with Gasteiger partial charge in [0.25, 0.3) is 5.91 Å². The number of furan rings is 1. The minimum Gasteiger partial charge on any atom is -0.460 e. The van der Waals surface area contributed by atoms with E-state index in [9.17, 15) is 27.2 Å². The molecule has 1 N–H and O–H groups in total. The maximum atomic E-state index is 13.6. The maximum absolute atomic E-state index is 13.6. The molecule has 3 aromatic rings. The van der Waals surface area contributed by atoms with Gasteiger partial charge in [-0.1, -0.05) is 26.2 Å². The van der Waals surface area contributed by atoms with Crippen LogP contribution in [0.1, 0.15) is 167 Å². The topological polar surface area (TPSA) is 151 Å². The molecule has 0 atom stereocenters. The van der Waals surface area contributed by atoms with Gasteiger partial charge in [0, 0.05) is 69.9 Å². The van der Waals surface area contributed by atoms with Gasteiger partial charge < -0.3 is 28.7 Å². The highest BCUT2D eigenvalue weighted by molar-refractivity contribution is 7.92. The molecule has 4 rings (SSSR count). The molecule has 0 aliphatic heterocycles. The van der Waals surface area contributed by atoms with Gasteiger partial charge in [-0.15, -0.1) is 0 Å². The highest BCUT2D eigenvalue weighted by Crippen LogP contribution is 2.48. The first-order valence-corrected chi connectivity index (χ1v) is 24.7. The van der Waals surface area contributed by atoms with Crippen molar-refractivity contribution in [2.24, 2.45) is 0 Å². The lowest BCUT2D eigenvalue weighted by atomic mass is 10.0. The summed E-state index contributed by atoms with van der Waals surface area (Å²) in [6, 6.07) is 9.33. The molecule has 14 heteroatoms. The van der Waals surface area contributed by atoms with E-state index in [1.165, 1.54) is 49.0 Å². The predicted octanol–water partition coefficient (Wildman–Crippen LogP) is 11.0. The van der Waals surface area contributed by atoms with Crippen LogP contribution in [0.4, 0.5) is 10.1 Å². The van der Waals surface area contributed by atoms with Gasteiger partial charge in [0.1, 0.15) is 28.4 Å². The third-order valence-electron chi connectivity index (χ3n) is 10.1. The molecule has 1 amide bonds. The zero-order chi connectivity index (χ0) is 46.6. The Bertz CT molecular complexity index is 1980. The van der Waals surface area contributed by atoms with Crippen LogP contribution in [0.2, 0.25) is 0 Å². The molecule has 1 fully saturated rings. The summed E-state index contributed by atoms with van der Waals surface area (Å²) in [7, 11) is -2.08. The molecule has 0 spiro atoms. The Kier molecular flexibility index (Phi) is 22.1. The molecule has 0 bridgehead atoms. The Hall–Kier alpha value is -4.01. The van der Waals surface area contributed by atoms with Crippen molar-refractivity contribution in [1.82, 2.24) is 5.32 Å². The van der Waals surface area contributed by atoms with E-state index in [1.807, 2.05) is 47.6 Å². The second kappa shape index (κ2) is 26.1. The normalized spacial score (nSPS) is 13.0. The van der Waals surface area contributed by atoms with E-state index in [1.54, 1.807) is 18.2 Å². The van der Waals surface area contributed by atoms with Crippen LogP contribution in [0.25, 0.3) is 22.3 Å². The standard InChI is InChI=1S/C34H45FN2O7S.C15H30O3/c1-34(2,3)44-30(38)11-7-10-20-42-19-9-6-8-18-37(45(5,40)41)28-22-29-27(21-26(28)23-12-13-23)31(33(39)36-4)32(43-29)24-14-16-25(35)17-15-24;1-5-6-7-9-12-17-13-10-8-11-14(16)18-15(2,3)4/h14-17,21-23H,6-13,18-20H2,1-5H3,(H,36,39);5-13H2,1-4H3. The summed E-state index contributed by atoms with van der Waals surface area (Å²) in [5.41, 5.74) is 1.87. The van der Waals surface area contributed by atoms with Crippen LogP contribution < -0.4 is 9.62 Å². The number of fused-ring (bicyclic) bond motifs is 1. The summed E-state index contributed by atoms with van der Waals surface area (Å²) in [6.45, 7) is 16.5. The van der Waals surface area contributed by atoms with Crippen molar-refractivity contribution in [3.05, 3.63) is 53.3 Å². The molecule has 63 heavy (non-hydrogen) atoms. The number of unbranched alkanes of at least 4 members (excludes halogenated alkanes) is 7. The van der Waals surface area contributed by atoms with Crippen molar-refractivity contribution in [1.29, 1.82) is 0 Å². The number of anilines is 1. The van der Waals surface area contributed by atoms with Crippen molar-refractivity contribution in [3.63, 3.8) is 0 Å². The molecule has 0 unspecified atom stereocenters. The minimum atomic E-state index is -3.62. The van der Waals surface area contributed by atoms with E-state index in [-0.39, 0.29) is 29.4 Å². The lowest BCUT2D eigenvalue weighted by Crippen LogP contribution is -2.31. The number of hydrogen-bond donors (Lipinski definition) is 1. The van der Waals surface area contributed by atoms with Crippen molar-refractivity contribution < 1.29 is 50.6 Å². The Labute approximate surface area is 376 Å². The van der Waals surface area contributed by atoms with Gasteiger partial charge in [0.2, 0.25) is 10.0 Å². The summed E-state index contributed by atoms with van der Waals surface area (Å²) >= 11 is 0. The number of esters is 2. The van der Waals surface area contributed by atoms with Crippen LogP contribution in [0, 0.1) is 5.82 Å².